The predicted molar refractivity (Wildman–Crippen MR) is 92.3 cm³/mol. The molecule has 1 aromatic rings. The van der Waals surface area contributed by atoms with E-state index in [1.807, 2.05) is 19.9 Å². The van der Waals surface area contributed by atoms with Crippen molar-refractivity contribution in [2.24, 2.45) is 5.92 Å². The van der Waals surface area contributed by atoms with E-state index in [9.17, 15) is 4.79 Å². The molecular weight excluding hydrogens is 288 g/mol. The molecule has 1 saturated heterocycles. The van der Waals surface area contributed by atoms with Crippen LogP contribution in [-0.2, 0) is 11.2 Å². The normalized spacial score (nSPS) is 16.5. The fraction of sp³-hybridized carbons (Fsp3) is 0.722. The van der Waals surface area contributed by atoms with E-state index in [1.54, 1.807) is 0 Å². The molecule has 1 aliphatic rings. The Labute approximate surface area is 139 Å². The van der Waals surface area contributed by atoms with E-state index in [0.29, 0.717) is 25.3 Å². The highest BCUT2D eigenvalue weighted by molar-refractivity contribution is 5.76. The lowest BCUT2D eigenvalue weighted by atomic mass is 9.93. The van der Waals surface area contributed by atoms with Crippen molar-refractivity contribution in [1.82, 2.24) is 20.2 Å². The minimum atomic E-state index is 0.170. The van der Waals surface area contributed by atoms with Gasteiger partial charge >= 0.3 is 0 Å². The number of aryl methyl sites for hydroxylation is 2. The van der Waals surface area contributed by atoms with E-state index in [4.69, 9.17) is 0 Å². The topological polar surface area (TPSA) is 58.1 Å². The van der Waals surface area contributed by atoms with Crippen molar-refractivity contribution in [2.75, 3.05) is 26.2 Å². The lowest BCUT2D eigenvalue weighted by Gasteiger charge is -2.31. The summed E-state index contributed by atoms with van der Waals surface area (Å²) in [5.41, 5.74) is 1.97. The molecule has 5 nitrogen and oxygen atoms in total. The first-order valence-corrected chi connectivity index (χ1v) is 8.87. The summed E-state index contributed by atoms with van der Waals surface area (Å²) in [6.45, 7) is 10.3. The highest BCUT2D eigenvalue weighted by Gasteiger charge is 2.20. The lowest BCUT2D eigenvalue weighted by Crippen LogP contribution is -2.36. The average Bonchev–Trinajstić information content (AvgIpc) is 2.48. The van der Waals surface area contributed by atoms with Crippen molar-refractivity contribution < 1.29 is 4.79 Å². The van der Waals surface area contributed by atoms with Crippen LogP contribution >= 0.6 is 0 Å². The highest BCUT2D eigenvalue weighted by Crippen LogP contribution is 2.20. The SMILES string of the molecule is CCCN1CCC(CC(=O)NCCc2nc(C)cc(C)n2)CC1. The highest BCUT2D eigenvalue weighted by atomic mass is 16.1. The third-order valence-corrected chi connectivity index (χ3v) is 4.42. The zero-order valence-electron chi connectivity index (χ0n) is 14.8. The third kappa shape index (κ3) is 6.26. The number of rotatable bonds is 7. The average molecular weight is 318 g/mol. The van der Waals surface area contributed by atoms with Crippen molar-refractivity contribution in [3.8, 4) is 0 Å². The second-order valence-corrected chi connectivity index (χ2v) is 6.66. The van der Waals surface area contributed by atoms with Crippen molar-refractivity contribution >= 4 is 5.91 Å². The van der Waals surface area contributed by atoms with Gasteiger partial charge in [-0.3, -0.25) is 4.79 Å². The second-order valence-electron chi connectivity index (χ2n) is 6.66. The Kier molecular flexibility index (Phi) is 6.96. The van der Waals surface area contributed by atoms with Gasteiger partial charge in [0.25, 0.3) is 0 Å². The maximum atomic E-state index is 12.1. The van der Waals surface area contributed by atoms with Crippen LogP contribution in [0.2, 0.25) is 0 Å². The molecule has 1 fully saturated rings. The molecule has 0 saturated carbocycles. The smallest absolute Gasteiger partial charge is 0.220 e. The molecule has 1 amide bonds. The molecule has 0 atom stereocenters. The summed E-state index contributed by atoms with van der Waals surface area (Å²) >= 11 is 0. The molecule has 128 valence electrons. The molecular formula is C18H30N4O. The standard InChI is InChI=1S/C18H30N4O/c1-4-9-22-10-6-16(7-11-22)13-18(23)19-8-5-17-20-14(2)12-15(3)21-17/h12,16H,4-11,13H2,1-3H3,(H,19,23). The molecule has 0 bridgehead atoms. The van der Waals surface area contributed by atoms with Crippen LogP contribution in [0.4, 0.5) is 0 Å². The number of hydrogen-bond donors (Lipinski definition) is 1. The number of piperidine rings is 1. The molecule has 0 spiro atoms. The predicted octanol–water partition coefficient (Wildman–Crippen LogP) is 2.26. The molecule has 0 aromatic carbocycles. The number of aromatic nitrogens is 2. The van der Waals surface area contributed by atoms with Gasteiger partial charge < -0.3 is 10.2 Å². The van der Waals surface area contributed by atoms with E-state index in [-0.39, 0.29) is 5.91 Å². The molecule has 1 aromatic heterocycles. The van der Waals surface area contributed by atoms with E-state index in [2.05, 4.69) is 27.1 Å². The first kappa shape index (κ1) is 17.9. The van der Waals surface area contributed by atoms with Crippen LogP contribution in [0.15, 0.2) is 6.07 Å². The van der Waals surface area contributed by atoms with Crippen molar-refractivity contribution in [2.45, 2.75) is 52.9 Å². The molecule has 1 aliphatic heterocycles. The monoisotopic (exact) mass is 318 g/mol. The van der Waals surface area contributed by atoms with Crippen LogP contribution in [0, 0.1) is 19.8 Å². The number of hydrogen-bond acceptors (Lipinski definition) is 4. The summed E-state index contributed by atoms with van der Waals surface area (Å²) in [4.78, 5) is 23.4. The first-order chi connectivity index (χ1) is 11.1. The number of nitrogens with one attached hydrogen (secondary N) is 1. The summed E-state index contributed by atoms with van der Waals surface area (Å²) in [6.07, 6.45) is 4.86. The minimum Gasteiger partial charge on any atom is -0.356 e. The fourth-order valence-corrected chi connectivity index (χ4v) is 3.29. The zero-order valence-corrected chi connectivity index (χ0v) is 14.8. The van der Waals surface area contributed by atoms with Gasteiger partial charge in [-0.2, -0.15) is 0 Å². The van der Waals surface area contributed by atoms with Crippen LogP contribution in [0.5, 0.6) is 0 Å². The number of nitrogens with zero attached hydrogens (tertiary/aromatic N) is 3. The number of amides is 1. The van der Waals surface area contributed by atoms with Crippen LogP contribution in [0.25, 0.3) is 0 Å². The Bertz CT molecular complexity index is 489. The van der Waals surface area contributed by atoms with Crippen molar-refractivity contribution in [1.29, 1.82) is 0 Å². The Morgan fingerprint density at radius 2 is 1.91 bits per heavy atom. The third-order valence-electron chi connectivity index (χ3n) is 4.42. The molecule has 5 heteroatoms. The summed E-state index contributed by atoms with van der Waals surface area (Å²) < 4.78 is 0. The van der Waals surface area contributed by atoms with Crippen molar-refractivity contribution in [3.05, 3.63) is 23.3 Å². The van der Waals surface area contributed by atoms with E-state index in [1.165, 1.54) is 13.0 Å². The van der Waals surface area contributed by atoms with Crippen LogP contribution in [-0.4, -0.2) is 47.0 Å². The van der Waals surface area contributed by atoms with E-state index < -0.39 is 0 Å². The van der Waals surface area contributed by atoms with Gasteiger partial charge in [0.2, 0.25) is 5.91 Å². The summed E-state index contributed by atoms with van der Waals surface area (Å²) in [5, 5.41) is 3.02. The van der Waals surface area contributed by atoms with Gasteiger partial charge in [0.05, 0.1) is 0 Å². The van der Waals surface area contributed by atoms with Gasteiger partial charge in [0.1, 0.15) is 5.82 Å². The van der Waals surface area contributed by atoms with Crippen LogP contribution in [0.1, 0.15) is 49.8 Å². The molecule has 2 rings (SSSR count). The first-order valence-electron chi connectivity index (χ1n) is 8.87. The van der Waals surface area contributed by atoms with Gasteiger partial charge in [-0.1, -0.05) is 6.92 Å². The van der Waals surface area contributed by atoms with Crippen molar-refractivity contribution in [3.63, 3.8) is 0 Å². The van der Waals surface area contributed by atoms with E-state index in [0.717, 1.165) is 43.1 Å². The summed E-state index contributed by atoms with van der Waals surface area (Å²) in [7, 11) is 0. The Morgan fingerprint density at radius 3 is 2.52 bits per heavy atom. The zero-order chi connectivity index (χ0) is 16.7. The van der Waals surface area contributed by atoms with Gasteiger partial charge in [-0.05, 0) is 64.7 Å². The number of carbonyl (C=O) groups excluding carboxylic acids is 1. The molecule has 2 heterocycles. The Balaban J connectivity index is 1.65. The van der Waals surface area contributed by atoms with Gasteiger partial charge in [-0.25, -0.2) is 9.97 Å². The molecule has 0 unspecified atom stereocenters. The maximum absolute atomic E-state index is 12.1. The van der Waals surface area contributed by atoms with Gasteiger partial charge in [-0.15, -0.1) is 0 Å². The number of likely N-dealkylation sites (tertiary alicyclic amines) is 1. The Morgan fingerprint density at radius 1 is 1.26 bits per heavy atom. The summed E-state index contributed by atoms with van der Waals surface area (Å²) in [6, 6.07) is 1.97. The largest absolute Gasteiger partial charge is 0.356 e. The fourth-order valence-electron chi connectivity index (χ4n) is 3.29. The second kappa shape index (κ2) is 8.96. The van der Waals surface area contributed by atoms with Gasteiger partial charge in [0.15, 0.2) is 0 Å². The molecule has 1 N–H and O–H groups in total. The van der Waals surface area contributed by atoms with Crippen LogP contribution < -0.4 is 5.32 Å². The minimum absolute atomic E-state index is 0.170. The Hall–Kier alpha value is -1.49. The molecule has 0 radical (unpaired) electrons. The quantitative estimate of drug-likeness (QED) is 0.838. The molecule has 0 aliphatic carbocycles. The lowest BCUT2D eigenvalue weighted by molar-refractivity contribution is -0.122. The van der Waals surface area contributed by atoms with E-state index >= 15 is 0 Å². The van der Waals surface area contributed by atoms with Gasteiger partial charge in [0, 0.05) is 30.8 Å². The molecule has 23 heavy (non-hydrogen) atoms. The summed E-state index contributed by atoms with van der Waals surface area (Å²) in [5.74, 6) is 1.53. The van der Waals surface area contributed by atoms with Crippen LogP contribution in [0.3, 0.4) is 0 Å². The maximum Gasteiger partial charge on any atom is 0.220 e. The number of carbonyl (C=O) groups is 1.